The van der Waals surface area contributed by atoms with Crippen LogP contribution in [-0.4, -0.2) is 44.6 Å². The quantitative estimate of drug-likeness (QED) is 0.231. The van der Waals surface area contributed by atoms with Crippen molar-refractivity contribution in [3.8, 4) is 5.75 Å². The van der Waals surface area contributed by atoms with E-state index in [0.29, 0.717) is 28.0 Å². The first-order valence-electron chi connectivity index (χ1n) is 9.78. The Morgan fingerprint density at radius 1 is 0.963 bits per heavy atom. The molecule has 0 bridgehead atoms. The van der Waals surface area contributed by atoms with Gasteiger partial charge in [-0.15, -0.1) is 0 Å². The van der Waals surface area contributed by atoms with Gasteiger partial charge in [-0.2, -0.15) is 0 Å². The number of carbonyl (C=O) groups is 1. The van der Waals surface area contributed by atoms with E-state index >= 15 is 0 Å². The Bertz CT molecular complexity index is 553. The van der Waals surface area contributed by atoms with Crippen LogP contribution >= 0.6 is 23.2 Å². The summed E-state index contributed by atoms with van der Waals surface area (Å²) in [4.78, 5) is 11.2. The van der Waals surface area contributed by atoms with Gasteiger partial charge in [-0.25, -0.2) is 0 Å². The van der Waals surface area contributed by atoms with E-state index in [-0.39, 0.29) is 17.0 Å². The minimum absolute atomic E-state index is 0. The molecule has 6 heteroatoms. The van der Waals surface area contributed by atoms with Crippen molar-refractivity contribution in [2.45, 2.75) is 58.3 Å². The number of rotatable bonds is 14. The Hall–Kier alpha value is -0.290. The molecular weight excluding hydrogens is 449 g/mol. The molecule has 0 fully saturated rings. The Morgan fingerprint density at radius 2 is 1.56 bits per heavy atom. The van der Waals surface area contributed by atoms with Gasteiger partial charge in [0.2, 0.25) is 0 Å². The fourth-order valence-electron chi connectivity index (χ4n) is 3.00. The average Bonchev–Trinajstić information content (AvgIpc) is 2.58. The molecule has 0 aliphatic heterocycles. The summed E-state index contributed by atoms with van der Waals surface area (Å²) in [5.74, 6) is 0.429. The first-order chi connectivity index (χ1) is 12.4. The predicted octanol–water partition coefficient (Wildman–Crippen LogP) is 3.41. The van der Waals surface area contributed by atoms with Crippen molar-refractivity contribution in [1.29, 1.82) is 0 Å². The number of likely N-dealkylation sites (N-methyl/N-ethyl adjacent to an activating group) is 1. The highest BCUT2D eigenvalue weighted by Crippen LogP contribution is 2.31. The zero-order valence-corrected chi connectivity index (χ0v) is 20.0. The maximum atomic E-state index is 11.2. The predicted molar refractivity (Wildman–Crippen MR) is 112 cm³/mol. The summed E-state index contributed by atoms with van der Waals surface area (Å²) in [7, 11) is 4.43. The van der Waals surface area contributed by atoms with Crippen LogP contribution in [0, 0.1) is 0 Å². The molecule has 1 aromatic rings. The van der Waals surface area contributed by atoms with E-state index in [9.17, 15) is 4.79 Å². The van der Waals surface area contributed by atoms with Crippen LogP contribution < -0.4 is 21.7 Å². The van der Waals surface area contributed by atoms with Crippen LogP contribution in [0.2, 0.25) is 10.0 Å². The number of carbonyl (C=O) groups excluding carboxylic acids is 1. The molecule has 0 saturated carbocycles. The van der Waals surface area contributed by atoms with Crippen LogP contribution in [0.15, 0.2) is 12.1 Å². The molecule has 0 saturated heterocycles. The average molecular weight is 483 g/mol. The van der Waals surface area contributed by atoms with Gasteiger partial charge in [0, 0.05) is 5.02 Å². The lowest BCUT2D eigenvalue weighted by Crippen LogP contribution is -3.00. The number of unbranched alkanes of at least 4 members (excludes halogenated alkanes) is 7. The van der Waals surface area contributed by atoms with Crippen LogP contribution in [0.3, 0.4) is 0 Å². The molecule has 0 aliphatic carbocycles. The van der Waals surface area contributed by atoms with E-state index in [0.717, 1.165) is 23.9 Å². The highest BCUT2D eigenvalue weighted by molar-refractivity contribution is 6.36. The number of quaternary nitrogens is 1. The SMILES string of the molecule is CCCCCCCCCC[N+](C)(C)CCOc1c(Cl)cc(Cl)cc1C=O.[Br-]. The monoisotopic (exact) mass is 481 g/mol. The van der Waals surface area contributed by atoms with E-state index < -0.39 is 0 Å². The van der Waals surface area contributed by atoms with Crippen LogP contribution in [0.1, 0.15) is 68.6 Å². The molecule has 0 aromatic heterocycles. The third-order valence-electron chi connectivity index (χ3n) is 4.72. The van der Waals surface area contributed by atoms with Gasteiger partial charge < -0.3 is 26.2 Å². The van der Waals surface area contributed by atoms with E-state index in [1.165, 1.54) is 51.4 Å². The molecule has 0 amide bonds. The molecule has 27 heavy (non-hydrogen) atoms. The summed E-state index contributed by atoms with van der Waals surface area (Å²) in [5, 5.41) is 0.822. The zero-order chi connectivity index (χ0) is 19.4. The second-order valence-electron chi connectivity index (χ2n) is 7.63. The molecule has 156 valence electrons. The Labute approximate surface area is 185 Å². The van der Waals surface area contributed by atoms with E-state index in [1.807, 2.05) is 0 Å². The minimum Gasteiger partial charge on any atom is -1.00 e. The second-order valence-corrected chi connectivity index (χ2v) is 8.47. The smallest absolute Gasteiger partial charge is 0.153 e. The Kier molecular flexibility index (Phi) is 14.5. The van der Waals surface area contributed by atoms with Gasteiger partial charge in [-0.3, -0.25) is 4.79 Å². The van der Waals surface area contributed by atoms with E-state index in [2.05, 4.69) is 21.0 Å². The number of benzene rings is 1. The molecule has 0 unspecified atom stereocenters. The van der Waals surface area contributed by atoms with Crippen molar-refractivity contribution in [2.75, 3.05) is 33.8 Å². The van der Waals surface area contributed by atoms with Gasteiger partial charge in [0.25, 0.3) is 0 Å². The molecule has 0 radical (unpaired) electrons. The zero-order valence-electron chi connectivity index (χ0n) is 16.9. The Morgan fingerprint density at radius 3 is 2.15 bits per heavy atom. The summed E-state index contributed by atoms with van der Waals surface area (Å²) in [6, 6.07) is 3.18. The third kappa shape index (κ3) is 11.3. The first-order valence-corrected chi connectivity index (χ1v) is 10.5. The van der Waals surface area contributed by atoms with Crippen molar-refractivity contribution in [2.24, 2.45) is 0 Å². The second kappa shape index (κ2) is 14.7. The highest BCUT2D eigenvalue weighted by atomic mass is 79.9. The lowest BCUT2D eigenvalue weighted by Gasteiger charge is -2.30. The first kappa shape index (κ1) is 26.7. The third-order valence-corrected chi connectivity index (χ3v) is 5.22. The van der Waals surface area contributed by atoms with E-state index in [4.69, 9.17) is 27.9 Å². The van der Waals surface area contributed by atoms with E-state index in [1.54, 1.807) is 12.1 Å². The van der Waals surface area contributed by atoms with Crippen molar-refractivity contribution in [1.82, 2.24) is 0 Å². The summed E-state index contributed by atoms with van der Waals surface area (Å²) in [5.41, 5.74) is 0.399. The van der Waals surface area contributed by atoms with Gasteiger partial charge in [-0.05, 0) is 25.0 Å². The van der Waals surface area contributed by atoms with Gasteiger partial charge in [0.05, 0.1) is 31.2 Å². The summed E-state index contributed by atoms with van der Waals surface area (Å²) in [6.07, 6.45) is 11.4. The number of aldehydes is 1. The van der Waals surface area contributed by atoms with Crippen LogP contribution in [0.25, 0.3) is 0 Å². The van der Waals surface area contributed by atoms with Crippen molar-refractivity contribution in [3.05, 3.63) is 27.7 Å². The van der Waals surface area contributed by atoms with Crippen molar-refractivity contribution >= 4 is 29.5 Å². The lowest BCUT2D eigenvalue weighted by atomic mass is 10.1. The summed E-state index contributed by atoms with van der Waals surface area (Å²) >= 11 is 12.1. The number of hydrogen-bond donors (Lipinski definition) is 0. The lowest BCUT2D eigenvalue weighted by molar-refractivity contribution is -0.890. The minimum atomic E-state index is 0. The highest BCUT2D eigenvalue weighted by Gasteiger charge is 2.16. The maximum absolute atomic E-state index is 11.2. The summed E-state index contributed by atoms with van der Waals surface area (Å²) < 4.78 is 6.69. The molecule has 0 N–H and O–H groups in total. The molecular formula is C21H34BrCl2NO2. The fraction of sp³-hybridized carbons (Fsp3) is 0.667. The number of halogens is 3. The van der Waals surface area contributed by atoms with Crippen LogP contribution in [0.5, 0.6) is 5.75 Å². The molecule has 0 atom stereocenters. The maximum Gasteiger partial charge on any atom is 0.153 e. The fourth-order valence-corrected chi connectivity index (χ4v) is 3.56. The summed E-state index contributed by atoms with van der Waals surface area (Å²) in [6.45, 7) is 4.78. The number of nitrogens with zero attached hydrogens (tertiary/aromatic N) is 1. The normalized spacial score (nSPS) is 11.1. The van der Waals surface area contributed by atoms with Gasteiger partial charge in [0.1, 0.15) is 18.9 Å². The number of hydrogen-bond acceptors (Lipinski definition) is 2. The molecule has 0 heterocycles. The number of ether oxygens (including phenoxy) is 1. The molecule has 0 aliphatic rings. The molecule has 0 spiro atoms. The molecule has 1 aromatic carbocycles. The molecule has 1 rings (SSSR count). The Balaban J connectivity index is 0.00000676. The van der Waals surface area contributed by atoms with Crippen LogP contribution in [-0.2, 0) is 0 Å². The standard InChI is InChI=1S/C21H34Cl2NO2.BrH/c1-4-5-6-7-8-9-10-11-12-24(2,3)13-14-26-21-18(17-25)15-19(22)16-20(21)23;/h15-17H,4-14H2,1-3H3;1H/q+1;/p-1. The largest absolute Gasteiger partial charge is 1.00 e. The van der Waals surface area contributed by atoms with Crippen LogP contribution in [0.4, 0.5) is 0 Å². The van der Waals surface area contributed by atoms with Gasteiger partial charge in [-0.1, -0.05) is 68.7 Å². The van der Waals surface area contributed by atoms with Crippen molar-refractivity contribution in [3.63, 3.8) is 0 Å². The topological polar surface area (TPSA) is 26.3 Å². The van der Waals surface area contributed by atoms with Gasteiger partial charge >= 0.3 is 0 Å². The van der Waals surface area contributed by atoms with Gasteiger partial charge in [0.15, 0.2) is 6.29 Å². The van der Waals surface area contributed by atoms with Crippen molar-refractivity contribution < 1.29 is 31.0 Å². The molecule has 3 nitrogen and oxygen atoms in total.